The normalized spacial score (nSPS) is 18.2. The number of ether oxygens (including phenoxy) is 3. The van der Waals surface area contributed by atoms with Gasteiger partial charge in [-0.3, -0.25) is 9.36 Å². The fourth-order valence-corrected chi connectivity index (χ4v) is 6.79. The van der Waals surface area contributed by atoms with Gasteiger partial charge < -0.3 is 28.6 Å². The van der Waals surface area contributed by atoms with Gasteiger partial charge in [-0.15, -0.1) is 0 Å². The molecule has 1 saturated heterocycles. The monoisotopic (exact) mass is 719 g/mol. The standard InChI is InChI=1S/C33H37F3N5O8P/c1-21(2)41(22(3)4)50(46-17-9-15-37)49-26-19-29(40-16-14-28(39-31(40)43)38-30(42)23-10-6-5-7-11-23)48-27(26)20-45-32(44)47-25-13-8-12-24(18-25)33(34,35)36/h5-8,10-14,16,18,21-22,26-27,29H,9,17,19-20H2,1-4H3,(H,38,39,42,43)/t26-,27+,29+,50?/m0/s1. The second-order valence-electron chi connectivity index (χ2n) is 11.6. The van der Waals surface area contributed by atoms with Crippen molar-refractivity contribution in [3.63, 3.8) is 0 Å². The first kappa shape index (κ1) is 38.4. The number of nitrogens with zero attached hydrogens (tertiary/aromatic N) is 4. The Morgan fingerprint density at radius 2 is 1.84 bits per heavy atom. The quantitative estimate of drug-likeness (QED) is 0.0822. The zero-order chi connectivity index (χ0) is 36.4. The number of hydrogen-bond donors (Lipinski definition) is 1. The van der Waals surface area contributed by atoms with Crippen molar-refractivity contribution in [1.82, 2.24) is 14.2 Å². The molecule has 1 unspecified atom stereocenters. The summed E-state index contributed by atoms with van der Waals surface area (Å²) in [6.07, 6.45) is -7.16. The number of nitriles is 1. The van der Waals surface area contributed by atoms with Gasteiger partial charge in [0.1, 0.15) is 30.5 Å². The highest BCUT2D eigenvalue weighted by atomic mass is 31.2. The van der Waals surface area contributed by atoms with Crippen LogP contribution in [0.2, 0.25) is 0 Å². The number of carbonyl (C=O) groups excluding carboxylic acids is 2. The van der Waals surface area contributed by atoms with Crippen LogP contribution >= 0.6 is 8.53 Å². The third-order valence-corrected chi connectivity index (χ3v) is 9.37. The lowest BCUT2D eigenvalue weighted by Gasteiger charge is -2.37. The van der Waals surface area contributed by atoms with Crippen molar-refractivity contribution in [3.05, 3.63) is 88.5 Å². The average molecular weight is 720 g/mol. The molecule has 1 N–H and O–H groups in total. The van der Waals surface area contributed by atoms with Crippen LogP contribution in [0.15, 0.2) is 71.7 Å². The number of amides is 1. The molecular formula is C33H37F3N5O8P. The predicted molar refractivity (Wildman–Crippen MR) is 175 cm³/mol. The number of aromatic nitrogens is 2. The molecule has 13 nitrogen and oxygen atoms in total. The molecule has 1 aliphatic rings. The molecular weight excluding hydrogens is 682 g/mol. The van der Waals surface area contributed by atoms with Gasteiger partial charge in [0, 0.05) is 30.3 Å². The summed E-state index contributed by atoms with van der Waals surface area (Å²) in [5.74, 6) is -0.819. The van der Waals surface area contributed by atoms with E-state index in [0.29, 0.717) is 11.6 Å². The maximum absolute atomic E-state index is 13.1. The Kier molecular flexibility index (Phi) is 13.5. The minimum Gasteiger partial charge on any atom is -0.431 e. The zero-order valence-electron chi connectivity index (χ0n) is 27.7. The number of alkyl halides is 3. The topological polar surface area (TPSA) is 154 Å². The van der Waals surface area contributed by atoms with Crippen LogP contribution in [-0.2, 0) is 24.7 Å². The van der Waals surface area contributed by atoms with E-state index in [2.05, 4.69) is 10.3 Å². The number of carbonyl (C=O) groups is 2. The van der Waals surface area contributed by atoms with Gasteiger partial charge in [-0.05, 0) is 64.1 Å². The minimum atomic E-state index is -4.65. The minimum absolute atomic E-state index is 0.0158. The van der Waals surface area contributed by atoms with Crippen LogP contribution in [0.25, 0.3) is 0 Å². The van der Waals surface area contributed by atoms with Gasteiger partial charge in [0.15, 0.2) is 0 Å². The largest absolute Gasteiger partial charge is 0.513 e. The number of rotatable bonds is 14. The average Bonchev–Trinajstić information content (AvgIpc) is 3.45. The summed E-state index contributed by atoms with van der Waals surface area (Å²) in [4.78, 5) is 42.3. The maximum Gasteiger partial charge on any atom is 0.513 e. The molecule has 17 heteroatoms. The first-order chi connectivity index (χ1) is 23.8. The fraction of sp³-hybridized carbons (Fsp3) is 0.424. The van der Waals surface area contributed by atoms with Gasteiger partial charge in [0.2, 0.25) is 0 Å². The Morgan fingerprint density at radius 1 is 1.12 bits per heavy atom. The summed E-state index contributed by atoms with van der Waals surface area (Å²) >= 11 is 0. The van der Waals surface area contributed by atoms with E-state index in [0.717, 1.165) is 12.1 Å². The predicted octanol–water partition coefficient (Wildman–Crippen LogP) is 6.68. The number of benzene rings is 2. The van der Waals surface area contributed by atoms with Crippen molar-refractivity contribution in [2.24, 2.45) is 0 Å². The third kappa shape index (κ3) is 10.6. The van der Waals surface area contributed by atoms with Crippen LogP contribution in [0, 0.1) is 11.3 Å². The van der Waals surface area contributed by atoms with E-state index in [4.69, 9.17) is 28.5 Å². The van der Waals surface area contributed by atoms with E-state index in [-0.39, 0.29) is 43.1 Å². The molecule has 2 heterocycles. The number of halogens is 3. The Morgan fingerprint density at radius 3 is 2.48 bits per heavy atom. The molecule has 0 spiro atoms. The van der Waals surface area contributed by atoms with Crippen LogP contribution in [0.1, 0.15) is 62.7 Å². The highest BCUT2D eigenvalue weighted by Gasteiger charge is 2.42. The first-order valence-corrected chi connectivity index (χ1v) is 16.8. The molecule has 1 amide bonds. The van der Waals surface area contributed by atoms with Crippen molar-refractivity contribution in [3.8, 4) is 11.8 Å². The maximum atomic E-state index is 13.1. The lowest BCUT2D eigenvalue weighted by Crippen LogP contribution is -2.37. The van der Waals surface area contributed by atoms with Crippen LogP contribution < -0.4 is 15.7 Å². The summed E-state index contributed by atoms with van der Waals surface area (Å²) in [6, 6.07) is 15.5. The summed E-state index contributed by atoms with van der Waals surface area (Å²) in [5.41, 5.74) is -1.38. The molecule has 0 aliphatic carbocycles. The van der Waals surface area contributed by atoms with Crippen molar-refractivity contribution < 1.29 is 46.0 Å². The fourth-order valence-electron chi connectivity index (χ4n) is 5.03. The van der Waals surface area contributed by atoms with Gasteiger partial charge in [0.25, 0.3) is 14.4 Å². The van der Waals surface area contributed by atoms with E-state index in [1.54, 1.807) is 30.3 Å². The molecule has 4 atom stereocenters. The second-order valence-corrected chi connectivity index (χ2v) is 13.0. The van der Waals surface area contributed by atoms with E-state index in [9.17, 15) is 27.6 Å². The molecule has 50 heavy (non-hydrogen) atoms. The Bertz CT molecular complexity index is 1690. The zero-order valence-corrected chi connectivity index (χ0v) is 28.6. The van der Waals surface area contributed by atoms with Crippen molar-refractivity contribution >= 4 is 26.4 Å². The molecule has 0 bridgehead atoms. The van der Waals surface area contributed by atoms with Crippen LogP contribution in [-0.4, -0.2) is 63.8 Å². The molecule has 1 aliphatic heterocycles. The summed E-state index contributed by atoms with van der Waals surface area (Å²) < 4.78 is 71.4. The summed E-state index contributed by atoms with van der Waals surface area (Å²) in [7, 11) is -1.79. The molecule has 3 aromatic rings. The van der Waals surface area contributed by atoms with Crippen LogP contribution in [0.4, 0.5) is 23.8 Å². The lowest BCUT2D eigenvalue weighted by molar-refractivity contribution is -0.137. The summed E-state index contributed by atoms with van der Waals surface area (Å²) in [6.45, 7) is 7.43. The van der Waals surface area contributed by atoms with Gasteiger partial charge in [0.05, 0.1) is 30.8 Å². The lowest BCUT2D eigenvalue weighted by atomic mass is 10.2. The molecule has 2 aromatic carbocycles. The third-order valence-electron chi connectivity index (χ3n) is 7.21. The number of nitrogens with one attached hydrogen (secondary N) is 1. The molecule has 1 aromatic heterocycles. The number of anilines is 1. The van der Waals surface area contributed by atoms with E-state index in [1.807, 2.05) is 38.4 Å². The van der Waals surface area contributed by atoms with Crippen molar-refractivity contribution in [2.75, 3.05) is 18.5 Å². The SMILES string of the molecule is CC(C)N(C(C)C)P(OCCC#N)O[C@H]1C[C@H](n2ccc(NC(=O)c3ccccc3)nc2=O)O[C@@H]1COC(=O)Oc1cccc(C(F)(F)F)c1. The molecule has 1 fully saturated rings. The molecule has 4 rings (SSSR count). The van der Waals surface area contributed by atoms with Crippen LogP contribution in [0.5, 0.6) is 5.75 Å². The Labute approximate surface area is 287 Å². The van der Waals surface area contributed by atoms with Crippen LogP contribution in [0.3, 0.4) is 0 Å². The van der Waals surface area contributed by atoms with Crippen molar-refractivity contribution in [2.45, 2.75) is 77.2 Å². The second kappa shape index (κ2) is 17.5. The Hall–Kier alpha value is -4.39. The number of hydrogen-bond acceptors (Lipinski definition) is 11. The molecule has 268 valence electrons. The Balaban J connectivity index is 1.54. The smallest absolute Gasteiger partial charge is 0.431 e. The summed E-state index contributed by atoms with van der Waals surface area (Å²) in [5, 5.41) is 11.7. The van der Waals surface area contributed by atoms with Gasteiger partial charge in [-0.1, -0.05) is 24.3 Å². The van der Waals surface area contributed by atoms with Gasteiger partial charge >= 0.3 is 18.0 Å². The molecule has 0 radical (unpaired) electrons. The van der Waals surface area contributed by atoms with Gasteiger partial charge in [-0.2, -0.15) is 23.4 Å². The first-order valence-electron chi connectivity index (χ1n) is 15.6. The highest BCUT2D eigenvalue weighted by molar-refractivity contribution is 7.44. The van der Waals surface area contributed by atoms with E-state index in [1.165, 1.54) is 22.9 Å². The van der Waals surface area contributed by atoms with Gasteiger partial charge in [-0.25, -0.2) is 14.3 Å². The highest BCUT2D eigenvalue weighted by Crippen LogP contribution is 2.50. The van der Waals surface area contributed by atoms with E-state index >= 15 is 0 Å². The molecule has 0 saturated carbocycles. The van der Waals surface area contributed by atoms with Crippen molar-refractivity contribution in [1.29, 1.82) is 5.26 Å². The van der Waals surface area contributed by atoms with E-state index < -0.39 is 63.1 Å².